The number of ether oxygens (including phenoxy) is 1. The Morgan fingerprint density at radius 2 is 2.05 bits per heavy atom. The van der Waals surface area contributed by atoms with E-state index in [1.54, 1.807) is 17.0 Å². The number of aromatic nitrogens is 2. The Hall–Kier alpha value is -3.55. The van der Waals surface area contributed by atoms with Crippen molar-refractivity contribution in [2.45, 2.75) is 0 Å². The molecule has 1 amide bonds. The Bertz CT molecular complexity index is 1730. The van der Waals surface area contributed by atoms with Crippen LogP contribution in [0.5, 0.6) is 5.88 Å². The molecule has 0 radical (unpaired) electrons. The van der Waals surface area contributed by atoms with E-state index in [-0.39, 0.29) is 40.1 Å². The average molecular weight is 612 g/mol. The van der Waals surface area contributed by atoms with Crippen LogP contribution in [0.15, 0.2) is 30.9 Å². The van der Waals surface area contributed by atoms with Crippen LogP contribution in [0.25, 0.3) is 32.2 Å². The second-order valence-electron chi connectivity index (χ2n) is 9.80. The fourth-order valence-corrected chi connectivity index (χ4v) is 6.41. The SMILES string of the molecule is C=CC(=O)N1CCN(c2c(C#N)c(OCCN(C)C)nc3c(F)c(-c4ccc(P)c5sc(N)nc45)c(Cl)cc23)CC1. The zero-order valence-corrected chi connectivity index (χ0v) is 25.3. The van der Waals surface area contributed by atoms with Crippen LogP contribution in [0.2, 0.25) is 5.02 Å². The monoisotopic (exact) mass is 611 g/mol. The van der Waals surface area contributed by atoms with Crippen LogP contribution < -0.4 is 20.7 Å². The summed E-state index contributed by atoms with van der Waals surface area (Å²) in [5.74, 6) is -0.779. The minimum Gasteiger partial charge on any atom is -0.475 e. The predicted octanol–water partition coefficient (Wildman–Crippen LogP) is 4.03. The van der Waals surface area contributed by atoms with Crippen LogP contribution in [-0.4, -0.2) is 79.1 Å². The lowest BCUT2D eigenvalue weighted by atomic mass is 9.99. The van der Waals surface area contributed by atoms with Crippen LogP contribution in [0.3, 0.4) is 0 Å². The number of hydrogen-bond acceptors (Lipinski definition) is 9. The summed E-state index contributed by atoms with van der Waals surface area (Å²) in [6.07, 6.45) is 1.28. The molecule has 1 atom stereocenters. The average Bonchev–Trinajstić information content (AvgIpc) is 3.35. The van der Waals surface area contributed by atoms with Crippen molar-refractivity contribution in [1.29, 1.82) is 5.26 Å². The number of pyridine rings is 1. The number of nitrogens with zero attached hydrogens (tertiary/aromatic N) is 6. The highest BCUT2D eigenvalue weighted by molar-refractivity contribution is 7.33. The molecule has 1 aliphatic rings. The van der Waals surface area contributed by atoms with Crippen molar-refractivity contribution in [2.24, 2.45) is 0 Å². The van der Waals surface area contributed by atoms with Gasteiger partial charge in [-0.1, -0.05) is 41.6 Å². The van der Waals surface area contributed by atoms with Gasteiger partial charge in [0.2, 0.25) is 11.8 Å². The summed E-state index contributed by atoms with van der Waals surface area (Å²) in [6.45, 7) is 6.04. The molecule has 2 N–H and O–H groups in total. The van der Waals surface area contributed by atoms with Gasteiger partial charge in [0.25, 0.3) is 0 Å². The molecular weight excluding hydrogens is 584 g/mol. The maximum Gasteiger partial charge on any atom is 0.246 e. The summed E-state index contributed by atoms with van der Waals surface area (Å²) >= 11 is 8.12. The van der Waals surface area contributed by atoms with Crippen LogP contribution in [0.1, 0.15) is 5.56 Å². The lowest BCUT2D eigenvalue weighted by molar-refractivity contribution is -0.126. The number of likely N-dealkylation sites (N-methyl/N-ethyl adjacent to an activating group) is 1. The zero-order chi connectivity index (χ0) is 29.4. The van der Waals surface area contributed by atoms with Crippen molar-refractivity contribution in [3.8, 4) is 23.1 Å². The molecule has 2 aromatic heterocycles. The minimum absolute atomic E-state index is 0.0224. The summed E-state index contributed by atoms with van der Waals surface area (Å²) < 4.78 is 23.4. The lowest BCUT2D eigenvalue weighted by Gasteiger charge is -2.36. The molecule has 41 heavy (non-hydrogen) atoms. The van der Waals surface area contributed by atoms with Gasteiger partial charge in [-0.05, 0) is 31.5 Å². The molecule has 1 fully saturated rings. The van der Waals surface area contributed by atoms with Crippen LogP contribution in [0.4, 0.5) is 15.2 Å². The van der Waals surface area contributed by atoms with Gasteiger partial charge in [-0.3, -0.25) is 4.79 Å². The first-order chi connectivity index (χ1) is 19.6. The summed E-state index contributed by atoms with van der Waals surface area (Å²) in [6, 6.07) is 7.47. The second kappa shape index (κ2) is 11.7. The van der Waals surface area contributed by atoms with Crippen molar-refractivity contribution in [2.75, 3.05) is 64.1 Å². The molecule has 0 bridgehead atoms. The number of carbonyl (C=O) groups excluding carboxylic acids is 1. The third-order valence-electron chi connectivity index (χ3n) is 6.94. The van der Waals surface area contributed by atoms with E-state index in [1.165, 1.54) is 17.4 Å². The van der Waals surface area contributed by atoms with E-state index in [1.807, 2.05) is 30.0 Å². The summed E-state index contributed by atoms with van der Waals surface area (Å²) in [5.41, 5.74) is 7.86. The number of nitriles is 1. The Kier molecular flexibility index (Phi) is 8.30. The number of fused-ring (bicyclic) bond motifs is 2. The van der Waals surface area contributed by atoms with Gasteiger partial charge in [0.15, 0.2) is 10.9 Å². The standard InChI is InChI=1S/C28H28ClFN7O2PS/c1-4-20(38)36-7-9-37(10-8-36)25-16-13-18(29)21(15-5-6-19(40)26-24(15)34-28(32)41-26)22(30)23(16)33-27(17(25)14-31)39-12-11-35(2)3/h4-6,13H,1,7-12,40H2,2-3H3,(H2,32,34). The van der Waals surface area contributed by atoms with Gasteiger partial charge < -0.3 is 25.2 Å². The fraction of sp³-hybridized carbons (Fsp3) is 0.286. The molecule has 4 aromatic rings. The first-order valence-corrected chi connectivity index (χ1v) is 14.6. The molecule has 0 saturated carbocycles. The van der Waals surface area contributed by atoms with E-state index < -0.39 is 5.82 Å². The molecule has 212 valence electrons. The quantitative estimate of drug-likeness (QED) is 0.246. The maximum absolute atomic E-state index is 16.6. The highest BCUT2D eigenvalue weighted by atomic mass is 35.5. The zero-order valence-electron chi connectivity index (χ0n) is 22.6. The maximum atomic E-state index is 16.6. The van der Waals surface area contributed by atoms with Gasteiger partial charge in [0.1, 0.15) is 23.8 Å². The number of anilines is 2. The largest absolute Gasteiger partial charge is 0.475 e. The van der Waals surface area contributed by atoms with E-state index in [4.69, 9.17) is 22.1 Å². The van der Waals surface area contributed by atoms with Crippen molar-refractivity contribution in [3.05, 3.63) is 47.3 Å². The van der Waals surface area contributed by atoms with Gasteiger partial charge in [0, 0.05) is 49.2 Å². The van der Waals surface area contributed by atoms with E-state index in [0.717, 1.165) is 10.0 Å². The molecule has 13 heteroatoms. The van der Waals surface area contributed by atoms with Gasteiger partial charge in [-0.25, -0.2) is 14.4 Å². The number of carbonyl (C=O) groups is 1. The lowest BCUT2D eigenvalue weighted by Crippen LogP contribution is -2.48. The normalized spacial score (nSPS) is 13.7. The molecule has 2 aromatic carbocycles. The van der Waals surface area contributed by atoms with Gasteiger partial charge in [0.05, 0.1) is 20.9 Å². The smallest absolute Gasteiger partial charge is 0.246 e. The number of halogens is 2. The first kappa shape index (κ1) is 29.0. The Morgan fingerprint density at radius 3 is 2.71 bits per heavy atom. The molecule has 1 saturated heterocycles. The van der Waals surface area contributed by atoms with Gasteiger partial charge in [-0.15, -0.1) is 9.24 Å². The predicted molar refractivity (Wildman–Crippen MR) is 167 cm³/mol. The number of amides is 1. The third-order valence-corrected chi connectivity index (χ3v) is 8.86. The molecule has 0 aliphatic carbocycles. The molecule has 3 heterocycles. The van der Waals surface area contributed by atoms with E-state index in [0.29, 0.717) is 60.0 Å². The number of nitrogens with two attached hydrogens (primary N) is 1. The summed E-state index contributed by atoms with van der Waals surface area (Å²) in [5, 5.41) is 12.0. The highest BCUT2D eigenvalue weighted by Gasteiger charge is 2.29. The van der Waals surface area contributed by atoms with Crippen LogP contribution >= 0.6 is 32.2 Å². The molecule has 5 rings (SSSR count). The number of piperazine rings is 1. The van der Waals surface area contributed by atoms with Crippen molar-refractivity contribution >= 4 is 75.3 Å². The number of hydrogen-bond donors (Lipinski definition) is 1. The summed E-state index contributed by atoms with van der Waals surface area (Å²) in [7, 11) is 6.44. The molecule has 1 unspecified atom stereocenters. The number of thiazole rings is 1. The highest BCUT2D eigenvalue weighted by Crippen LogP contribution is 2.44. The molecule has 9 nitrogen and oxygen atoms in total. The number of nitrogen functional groups attached to an aromatic ring is 1. The number of benzene rings is 2. The van der Waals surface area contributed by atoms with Gasteiger partial charge >= 0.3 is 0 Å². The third kappa shape index (κ3) is 5.41. The topological polar surface area (TPSA) is 112 Å². The van der Waals surface area contributed by atoms with Crippen molar-refractivity contribution < 1.29 is 13.9 Å². The van der Waals surface area contributed by atoms with Gasteiger partial charge in [-0.2, -0.15) is 5.26 Å². The van der Waals surface area contributed by atoms with Crippen molar-refractivity contribution in [3.63, 3.8) is 0 Å². The van der Waals surface area contributed by atoms with Crippen LogP contribution in [0, 0.1) is 17.1 Å². The van der Waals surface area contributed by atoms with Crippen molar-refractivity contribution in [1.82, 2.24) is 19.8 Å². The Balaban J connectivity index is 1.72. The van der Waals surface area contributed by atoms with Crippen LogP contribution in [-0.2, 0) is 4.79 Å². The van der Waals surface area contributed by atoms with E-state index >= 15 is 4.39 Å². The molecular formula is C28H28ClFN7O2PS. The minimum atomic E-state index is -0.652. The second-order valence-corrected chi connectivity index (χ2v) is 11.9. The fourth-order valence-electron chi connectivity index (χ4n) is 4.92. The molecule has 1 aliphatic heterocycles. The first-order valence-electron chi connectivity index (χ1n) is 12.8. The summed E-state index contributed by atoms with van der Waals surface area (Å²) in [4.78, 5) is 26.7. The van der Waals surface area contributed by atoms with E-state index in [9.17, 15) is 10.1 Å². The van der Waals surface area contributed by atoms with E-state index in [2.05, 4.69) is 31.9 Å². The Labute approximate surface area is 248 Å². The number of rotatable bonds is 7. The molecule has 0 spiro atoms. The Morgan fingerprint density at radius 1 is 1.32 bits per heavy atom.